The van der Waals surface area contributed by atoms with Gasteiger partial charge in [-0.1, -0.05) is 30.3 Å². The highest BCUT2D eigenvalue weighted by molar-refractivity contribution is 5.72. The number of benzene rings is 2. The lowest BCUT2D eigenvalue weighted by molar-refractivity contribution is 0.310. The Morgan fingerprint density at radius 1 is 1.10 bits per heavy atom. The number of anilines is 2. The maximum absolute atomic E-state index is 5.78. The average Bonchev–Trinajstić information content (AvgIpc) is 2.54. The Hall–Kier alpha value is -2.16. The van der Waals surface area contributed by atoms with Crippen molar-refractivity contribution >= 4 is 11.4 Å². The number of hydrogen-bond donors (Lipinski definition) is 1. The molecule has 1 aliphatic heterocycles. The second kappa shape index (κ2) is 6.53. The van der Waals surface area contributed by atoms with Crippen LogP contribution in [-0.2, 0) is 0 Å². The molecule has 1 unspecified atom stereocenters. The zero-order valence-corrected chi connectivity index (χ0v) is 12.5. The van der Waals surface area contributed by atoms with Crippen molar-refractivity contribution in [2.75, 3.05) is 29.9 Å². The van der Waals surface area contributed by atoms with Crippen LogP contribution < -0.4 is 15.0 Å². The van der Waals surface area contributed by atoms with Crippen molar-refractivity contribution in [3.63, 3.8) is 0 Å². The fourth-order valence-electron chi connectivity index (χ4n) is 2.76. The molecule has 0 aliphatic carbocycles. The quantitative estimate of drug-likeness (QED) is 0.845. The minimum atomic E-state index is 0.511. The molecule has 1 heterocycles. The molecule has 2 aromatic carbocycles. The molecule has 3 rings (SSSR count). The summed E-state index contributed by atoms with van der Waals surface area (Å²) >= 11 is 0. The summed E-state index contributed by atoms with van der Waals surface area (Å²) in [6.45, 7) is 5.03. The fourth-order valence-corrected chi connectivity index (χ4v) is 2.76. The van der Waals surface area contributed by atoms with Crippen molar-refractivity contribution in [2.45, 2.75) is 19.4 Å². The van der Waals surface area contributed by atoms with Crippen molar-refractivity contribution in [3.05, 3.63) is 54.6 Å². The van der Waals surface area contributed by atoms with Gasteiger partial charge in [0.15, 0.2) is 0 Å². The zero-order valence-electron chi connectivity index (χ0n) is 12.5. The molecule has 0 bridgehead atoms. The van der Waals surface area contributed by atoms with Crippen molar-refractivity contribution in [3.8, 4) is 5.75 Å². The van der Waals surface area contributed by atoms with Crippen molar-refractivity contribution in [1.82, 2.24) is 0 Å². The van der Waals surface area contributed by atoms with Crippen LogP contribution in [0.2, 0.25) is 0 Å². The zero-order chi connectivity index (χ0) is 14.5. The van der Waals surface area contributed by atoms with Gasteiger partial charge in [0.25, 0.3) is 0 Å². The molecule has 1 atom stereocenters. The number of fused-ring (bicyclic) bond motifs is 1. The highest BCUT2D eigenvalue weighted by atomic mass is 16.5. The van der Waals surface area contributed by atoms with Gasteiger partial charge in [0, 0.05) is 19.1 Å². The molecule has 3 heteroatoms. The molecular formula is C18H22N2O. The van der Waals surface area contributed by atoms with E-state index in [1.807, 2.05) is 30.3 Å². The van der Waals surface area contributed by atoms with E-state index in [1.165, 1.54) is 11.4 Å². The standard InChI is InChI=1S/C18H22N2O/c1-15-14-19-17-10-5-6-11-18(17)20(15)12-7-13-21-16-8-3-2-4-9-16/h2-6,8-11,15,19H,7,12-14H2,1H3. The van der Waals surface area contributed by atoms with Gasteiger partial charge in [0.1, 0.15) is 5.75 Å². The summed E-state index contributed by atoms with van der Waals surface area (Å²) in [4.78, 5) is 2.47. The van der Waals surface area contributed by atoms with E-state index in [9.17, 15) is 0 Å². The van der Waals surface area contributed by atoms with Crippen molar-refractivity contribution in [1.29, 1.82) is 0 Å². The van der Waals surface area contributed by atoms with E-state index in [0.29, 0.717) is 6.04 Å². The summed E-state index contributed by atoms with van der Waals surface area (Å²) < 4.78 is 5.78. The smallest absolute Gasteiger partial charge is 0.119 e. The van der Waals surface area contributed by atoms with Crippen LogP contribution >= 0.6 is 0 Å². The normalized spacial score (nSPS) is 17.0. The van der Waals surface area contributed by atoms with E-state index in [-0.39, 0.29) is 0 Å². The van der Waals surface area contributed by atoms with E-state index in [2.05, 4.69) is 41.4 Å². The first-order chi connectivity index (χ1) is 10.3. The molecule has 21 heavy (non-hydrogen) atoms. The number of nitrogens with one attached hydrogen (secondary N) is 1. The topological polar surface area (TPSA) is 24.5 Å². The van der Waals surface area contributed by atoms with Gasteiger partial charge in [-0.25, -0.2) is 0 Å². The Morgan fingerprint density at radius 2 is 1.86 bits per heavy atom. The first-order valence-electron chi connectivity index (χ1n) is 7.62. The molecule has 0 radical (unpaired) electrons. The monoisotopic (exact) mass is 282 g/mol. The molecule has 110 valence electrons. The Balaban J connectivity index is 1.55. The van der Waals surface area contributed by atoms with Gasteiger partial charge in [-0.3, -0.25) is 0 Å². The van der Waals surface area contributed by atoms with Crippen LogP contribution in [-0.4, -0.2) is 25.7 Å². The third-order valence-electron chi connectivity index (χ3n) is 3.89. The van der Waals surface area contributed by atoms with Gasteiger partial charge < -0.3 is 15.0 Å². The van der Waals surface area contributed by atoms with E-state index >= 15 is 0 Å². The first kappa shape index (κ1) is 13.8. The maximum atomic E-state index is 5.78. The molecule has 1 aliphatic rings. The molecule has 0 saturated heterocycles. The van der Waals surface area contributed by atoms with Gasteiger partial charge in [0.2, 0.25) is 0 Å². The largest absolute Gasteiger partial charge is 0.494 e. The van der Waals surface area contributed by atoms with Crippen LogP contribution in [0, 0.1) is 0 Å². The van der Waals surface area contributed by atoms with Crippen LogP contribution in [0.1, 0.15) is 13.3 Å². The predicted octanol–water partition coefficient (Wildman–Crippen LogP) is 3.78. The molecule has 0 fully saturated rings. The van der Waals surface area contributed by atoms with E-state index < -0.39 is 0 Å². The summed E-state index contributed by atoms with van der Waals surface area (Å²) in [7, 11) is 0. The summed E-state index contributed by atoms with van der Waals surface area (Å²) in [5, 5.41) is 3.49. The van der Waals surface area contributed by atoms with Gasteiger partial charge in [-0.15, -0.1) is 0 Å². The van der Waals surface area contributed by atoms with Crippen molar-refractivity contribution in [2.24, 2.45) is 0 Å². The van der Waals surface area contributed by atoms with Crippen LogP contribution in [0.25, 0.3) is 0 Å². The Bertz CT molecular complexity index is 570. The van der Waals surface area contributed by atoms with Crippen LogP contribution in [0.5, 0.6) is 5.75 Å². The van der Waals surface area contributed by atoms with E-state index in [4.69, 9.17) is 4.74 Å². The third kappa shape index (κ3) is 3.30. The highest BCUT2D eigenvalue weighted by Crippen LogP contribution is 2.30. The van der Waals surface area contributed by atoms with Crippen molar-refractivity contribution < 1.29 is 4.74 Å². The second-order valence-corrected chi connectivity index (χ2v) is 5.46. The number of ether oxygens (including phenoxy) is 1. The number of para-hydroxylation sites is 3. The fraction of sp³-hybridized carbons (Fsp3) is 0.333. The van der Waals surface area contributed by atoms with Crippen LogP contribution in [0.4, 0.5) is 11.4 Å². The summed E-state index contributed by atoms with van der Waals surface area (Å²) in [5.74, 6) is 0.950. The lowest BCUT2D eigenvalue weighted by Crippen LogP contribution is -2.42. The minimum Gasteiger partial charge on any atom is -0.494 e. The Labute approximate surface area is 126 Å². The Kier molecular flexibility index (Phi) is 4.29. The van der Waals surface area contributed by atoms with Gasteiger partial charge >= 0.3 is 0 Å². The first-order valence-corrected chi connectivity index (χ1v) is 7.62. The number of hydrogen-bond acceptors (Lipinski definition) is 3. The van der Waals surface area contributed by atoms with E-state index in [0.717, 1.165) is 31.9 Å². The molecule has 2 aromatic rings. The SMILES string of the molecule is CC1CNc2ccccc2N1CCCOc1ccccc1. The summed E-state index contributed by atoms with van der Waals surface area (Å²) in [5.41, 5.74) is 2.54. The summed E-state index contributed by atoms with van der Waals surface area (Å²) in [6.07, 6.45) is 1.02. The molecule has 1 N–H and O–H groups in total. The number of rotatable bonds is 5. The van der Waals surface area contributed by atoms with Gasteiger partial charge in [-0.2, -0.15) is 0 Å². The third-order valence-corrected chi connectivity index (χ3v) is 3.89. The average molecular weight is 282 g/mol. The second-order valence-electron chi connectivity index (χ2n) is 5.46. The molecule has 0 amide bonds. The molecule has 3 nitrogen and oxygen atoms in total. The lowest BCUT2D eigenvalue weighted by atomic mass is 10.1. The number of nitrogens with zero attached hydrogens (tertiary/aromatic N) is 1. The summed E-state index contributed by atoms with van der Waals surface area (Å²) in [6, 6.07) is 19.1. The molecule has 0 saturated carbocycles. The highest BCUT2D eigenvalue weighted by Gasteiger charge is 2.21. The predicted molar refractivity (Wildman–Crippen MR) is 88.3 cm³/mol. The van der Waals surface area contributed by atoms with Gasteiger partial charge in [-0.05, 0) is 37.6 Å². The van der Waals surface area contributed by atoms with E-state index in [1.54, 1.807) is 0 Å². The Morgan fingerprint density at radius 3 is 2.71 bits per heavy atom. The molecule has 0 aromatic heterocycles. The maximum Gasteiger partial charge on any atom is 0.119 e. The van der Waals surface area contributed by atoms with Crippen LogP contribution in [0.3, 0.4) is 0 Å². The van der Waals surface area contributed by atoms with Gasteiger partial charge in [0.05, 0.1) is 18.0 Å². The molecular weight excluding hydrogens is 260 g/mol. The molecule has 0 spiro atoms. The minimum absolute atomic E-state index is 0.511. The lowest BCUT2D eigenvalue weighted by Gasteiger charge is -2.37. The van der Waals surface area contributed by atoms with Crippen LogP contribution in [0.15, 0.2) is 54.6 Å².